The first-order valence-corrected chi connectivity index (χ1v) is 11.6. The number of amides is 2. The predicted octanol–water partition coefficient (Wildman–Crippen LogP) is 5.16. The van der Waals surface area contributed by atoms with Gasteiger partial charge in [0.15, 0.2) is 5.78 Å². The molecule has 2 amide bonds. The fourth-order valence-electron chi connectivity index (χ4n) is 3.28. The zero-order valence-corrected chi connectivity index (χ0v) is 20.0. The quantitative estimate of drug-likeness (QED) is 0.308. The Balaban J connectivity index is 1.53. The molecule has 0 radical (unpaired) electrons. The van der Waals surface area contributed by atoms with Gasteiger partial charge in [0.2, 0.25) is 5.91 Å². The summed E-state index contributed by atoms with van der Waals surface area (Å²) in [5, 5.41) is 12.6. The van der Waals surface area contributed by atoms with Crippen LogP contribution in [0.15, 0.2) is 65.1 Å². The number of phenols is 1. The van der Waals surface area contributed by atoms with Gasteiger partial charge in [-0.15, -0.1) is 0 Å². The van der Waals surface area contributed by atoms with Crippen LogP contribution in [0, 0.1) is 0 Å². The molecule has 0 aromatic heterocycles. The van der Waals surface area contributed by atoms with Gasteiger partial charge in [0, 0.05) is 24.7 Å². The number of benzene rings is 2. The van der Waals surface area contributed by atoms with Gasteiger partial charge in [-0.2, -0.15) is 0 Å². The molecule has 1 heterocycles. The van der Waals surface area contributed by atoms with Crippen LogP contribution in [0.4, 0.5) is 5.69 Å². The Labute approximate surface area is 202 Å². The van der Waals surface area contributed by atoms with Gasteiger partial charge in [-0.05, 0) is 49.6 Å². The van der Waals surface area contributed by atoms with Crippen LogP contribution >= 0.6 is 24.0 Å². The Bertz CT molecular complexity index is 1160. The average molecular weight is 481 g/mol. The molecular formula is C25H24N2O4S2. The van der Waals surface area contributed by atoms with Gasteiger partial charge in [0.1, 0.15) is 10.1 Å². The molecule has 0 aliphatic carbocycles. The number of nitrogens with one attached hydrogen (secondary N) is 1. The van der Waals surface area contributed by atoms with Crippen molar-refractivity contribution in [3.05, 3.63) is 76.2 Å². The van der Waals surface area contributed by atoms with Crippen molar-refractivity contribution >= 4 is 57.7 Å². The highest BCUT2D eigenvalue weighted by Gasteiger charge is 2.31. The van der Waals surface area contributed by atoms with Gasteiger partial charge in [0.05, 0.1) is 10.5 Å². The minimum absolute atomic E-state index is 0.157. The lowest BCUT2D eigenvalue weighted by Crippen LogP contribution is -2.29. The summed E-state index contributed by atoms with van der Waals surface area (Å²) in [5.41, 5.74) is 2.60. The highest BCUT2D eigenvalue weighted by Crippen LogP contribution is 2.32. The maximum absolute atomic E-state index is 12.8. The molecule has 0 unspecified atom stereocenters. The number of anilines is 1. The number of rotatable bonds is 8. The summed E-state index contributed by atoms with van der Waals surface area (Å²) in [6.07, 6.45) is 4.44. The molecule has 0 saturated carbocycles. The number of aromatic hydroxyl groups is 1. The topological polar surface area (TPSA) is 86.7 Å². The number of nitrogens with zero attached hydrogens (tertiary/aromatic N) is 1. The first-order chi connectivity index (χ1) is 15.7. The minimum atomic E-state index is -0.257. The van der Waals surface area contributed by atoms with Crippen LogP contribution in [-0.2, 0) is 9.59 Å². The van der Waals surface area contributed by atoms with E-state index < -0.39 is 0 Å². The summed E-state index contributed by atoms with van der Waals surface area (Å²) in [4.78, 5) is 38.5. The number of Topliss-reactive ketones (excluding diaryl/α,β-unsaturated/α-hetero) is 1. The Morgan fingerprint density at radius 2 is 1.88 bits per heavy atom. The second kappa shape index (κ2) is 11.1. The average Bonchev–Trinajstić information content (AvgIpc) is 3.01. The molecule has 1 aliphatic heterocycles. The van der Waals surface area contributed by atoms with E-state index in [9.17, 15) is 19.5 Å². The first-order valence-electron chi connectivity index (χ1n) is 10.4. The second-order valence-electron chi connectivity index (χ2n) is 7.57. The van der Waals surface area contributed by atoms with Crippen LogP contribution in [-0.4, -0.2) is 38.5 Å². The molecule has 0 bridgehead atoms. The van der Waals surface area contributed by atoms with Gasteiger partial charge in [-0.3, -0.25) is 19.3 Å². The third-order valence-corrected chi connectivity index (χ3v) is 6.25. The number of hydrogen-bond acceptors (Lipinski definition) is 6. The Morgan fingerprint density at radius 3 is 2.55 bits per heavy atom. The molecule has 170 valence electrons. The highest BCUT2D eigenvalue weighted by molar-refractivity contribution is 8.26. The van der Waals surface area contributed by atoms with Gasteiger partial charge in [-0.1, -0.05) is 60.4 Å². The lowest BCUT2D eigenvalue weighted by atomic mass is 10.1. The molecule has 2 aromatic carbocycles. The summed E-state index contributed by atoms with van der Waals surface area (Å²) < 4.78 is 0.476. The SMILES string of the molecule is CC(=O)c1ccc(NC(=O)CCCN2C(=O)/C(=C/C(C)=C/c3ccccc3)SC2=S)cc1O. The molecule has 1 aliphatic rings. The largest absolute Gasteiger partial charge is 0.507 e. The van der Waals surface area contributed by atoms with Crippen molar-refractivity contribution in [3.8, 4) is 5.75 Å². The van der Waals surface area contributed by atoms with E-state index in [1.54, 1.807) is 6.07 Å². The van der Waals surface area contributed by atoms with E-state index in [0.717, 1.165) is 11.1 Å². The van der Waals surface area contributed by atoms with Crippen molar-refractivity contribution < 1.29 is 19.5 Å². The summed E-state index contributed by atoms with van der Waals surface area (Å²) in [5.74, 6) is -0.849. The molecular weight excluding hydrogens is 456 g/mol. The third kappa shape index (κ3) is 6.63. The molecule has 2 aromatic rings. The fraction of sp³-hybridized carbons (Fsp3) is 0.200. The van der Waals surface area contributed by atoms with E-state index in [1.165, 1.54) is 35.7 Å². The van der Waals surface area contributed by atoms with Crippen LogP contribution in [0.25, 0.3) is 6.08 Å². The molecule has 0 atom stereocenters. The number of thiocarbonyl (C=S) groups is 1. The lowest BCUT2D eigenvalue weighted by molar-refractivity contribution is -0.122. The number of allylic oxidation sites excluding steroid dienone is 2. The fourth-order valence-corrected chi connectivity index (χ4v) is 4.64. The minimum Gasteiger partial charge on any atom is -0.507 e. The van der Waals surface area contributed by atoms with E-state index in [2.05, 4.69) is 5.32 Å². The van der Waals surface area contributed by atoms with Crippen LogP contribution < -0.4 is 5.32 Å². The van der Waals surface area contributed by atoms with Gasteiger partial charge >= 0.3 is 0 Å². The first kappa shape index (κ1) is 24.4. The van der Waals surface area contributed by atoms with Crippen molar-refractivity contribution in [1.29, 1.82) is 0 Å². The van der Waals surface area contributed by atoms with E-state index >= 15 is 0 Å². The van der Waals surface area contributed by atoms with E-state index in [-0.39, 0.29) is 35.3 Å². The number of carbonyl (C=O) groups is 3. The van der Waals surface area contributed by atoms with Crippen molar-refractivity contribution in [2.24, 2.45) is 0 Å². The van der Waals surface area contributed by atoms with Crippen molar-refractivity contribution in [2.45, 2.75) is 26.7 Å². The van der Waals surface area contributed by atoms with Gasteiger partial charge in [0.25, 0.3) is 5.91 Å². The molecule has 0 spiro atoms. The zero-order valence-electron chi connectivity index (χ0n) is 18.3. The predicted molar refractivity (Wildman–Crippen MR) is 136 cm³/mol. The molecule has 8 heteroatoms. The molecule has 1 fully saturated rings. The van der Waals surface area contributed by atoms with E-state index in [0.29, 0.717) is 27.9 Å². The van der Waals surface area contributed by atoms with Gasteiger partial charge < -0.3 is 10.4 Å². The number of thioether (sulfide) groups is 1. The number of ketones is 1. The van der Waals surface area contributed by atoms with Crippen LogP contribution in [0.3, 0.4) is 0 Å². The van der Waals surface area contributed by atoms with Crippen LogP contribution in [0.1, 0.15) is 42.6 Å². The van der Waals surface area contributed by atoms with Crippen molar-refractivity contribution in [2.75, 3.05) is 11.9 Å². The second-order valence-corrected chi connectivity index (χ2v) is 9.25. The summed E-state index contributed by atoms with van der Waals surface area (Å²) in [7, 11) is 0. The standard InChI is InChI=1S/C25H24N2O4S2/c1-16(13-18-7-4-3-5-8-18)14-22-24(31)27(25(32)33-22)12-6-9-23(30)26-19-10-11-20(17(2)28)21(29)15-19/h3-5,7-8,10-11,13-15,29H,6,9,12H2,1-2H3,(H,26,30)/b16-13+,22-14-. The van der Waals surface area contributed by atoms with Crippen molar-refractivity contribution in [3.63, 3.8) is 0 Å². The molecule has 33 heavy (non-hydrogen) atoms. The zero-order chi connectivity index (χ0) is 24.0. The number of hydrogen-bond donors (Lipinski definition) is 2. The van der Waals surface area contributed by atoms with Crippen molar-refractivity contribution in [1.82, 2.24) is 4.90 Å². The third-order valence-electron chi connectivity index (χ3n) is 4.87. The van der Waals surface area contributed by atoms with Gasteiger partial charge in [-0.25, -0.2) is 0 Å². The maximum Gasteiger partial charge on any atom is 0.266 e. The Kier molecular flexibility index (Phi) is 8.19. The monoisotopic (exact) mass is 480 g/mol. The maximum atomic E-state index is 12.8. The smallest absolute Gasteiger partial charge is 0.266 e. The summed E-state index contributed by atoms with van der Waals surface area (Å²) in [6, 6.07) is 14.2. The van der Waals surface area contributed by atoms with Crippen LogP contribution in [0.2, 0.25) is 0 Å². The normalized spacial score (nSPS) is 15.3. The number of phenolic OH excluding ortho intramolecular Hbond substituents is 1. The Morgan fingerprint density at radius 1 is 1.15 bits per heavy atom. The molecule has 3 rings (SSSR count). The molecule has 6 nitrogen and oxygen atoms in total. The van der Waals surface area contributed by atoms with E-state index in [4.69, 9.17) is 12.2 Å². The Hall–Kier alpha value is -3.23. The number of carbonyl (C=O) groups excluding carboxylic acids is 3. The summed E-state index contributed by atoms with van der Waals surface area (Å²) in [6.45, 7) is 3.63. The molecule has 2 N–H and O–H groups in total. The van der Waals surface area contributed by atoms with Crippen LogP contribution in [0.5, 0.6) is 5.75 Å². The summed E-state index contributed by atoms with van der Waals surface area (Å²) >= 11 is 6.62. The molecule has 1 saturated heterocycles. The van der Waals surface area contributed by atoms with E-state index in [1.807, 2.05) is 49.4 Å². The highest BCUT2D eigenvalue weighted by atomic mass is 32.2. The lowest BCUT2D eigenvalue weighted by Gasteiger charge is -2.14.